The Bertz CT molecular complexity index is 627. The number of hydrogen-bond acceptors (Lipinski definition) is 6. The summed E-state index contributed by atoms with van der Waals surface area (Å²) in [5.74, 6) is 0.291. The van der Waals surface area contributed by atoms with E-state index in [-0.39, 0.29) is 0 Å². The number of likely N-dealkylation sites (N-methyl/N-ethyl adjacent to an activating group) is 1. The molecule has 6 nitrogen and oxygen atoms in total. The fourth-order valence-corrected chi connectivity index (χ4v) is 1.74. The van der Waals surface area contributed by atoms with E-state index in [4.69, 9.17) is 4.74 Å². The summed E-state index contributed by atoms with van der Waals surface area (Å²) in [5, 5.41) is 10.3. The number of benzene rings is 1. The summed E-state index contributed by atoms with van der Waals surface area (Å²) in [6, 6.07) is 7.14. The maximum atomic E-state index is 10.3. The van der Waals surface area contributed by atoms with Crippen LogP contribution in [0.4, 0.5) is 5.82 Å². The molecule has 0 bridgehead atoms. The molecule has 0 spiro atoms. The molecule has 0 fully saturated rings. The van der Waals surface area contributed by atoms with Gasteiger partial charge in [-0.2, -0.15) is 0 Å². The Kier molecular flexibility index (Phi) is 5.48. The van der Waals surface area contributed by atoms with Crippen molar-refractivity contribution in [1.29, 1.82) is 0 Å². The topological polar surface area (TPSA) is 78.4 Å². The van der Waals surface area contributed by atoms with Crippen molar-refractivity contribution in [1.82, 2.24) is 9.97 Å². The lowest BCUT2D eigenvalue weighted by Crippen LogP contribution is -2.24. The predicted octanol–water partition coefficient (Wildman–Crippen LogP) is 0.755. The third kappa shape index (κ3) is 4.90. The zero-order valence-corrected chi connectivity index (χ0v) is 12.2. The summed E-state index contributed by atoms with van der Waals surface area (Å²) in [6.07, 6.45) is 7.43. The molecule has 1 aromatic heterocycles. The van der Waals surface area contributed by atoms with Gasteiger partial charge < -0.3 is 19.5 Å². The highest BCUT2D eigenvalue weighted by Gasteiger charge is 2.02. The van der Waals surface area contributed by atoms with Crippen LogP contribution in [0.1, 0.15) is 5.56 Å². The predicted molar refractivity (Wildman–Crippen MR) is 81.3 cm³/mol. The van der Waals surface area contributed by atoms with E-state index in [0.29, 0.717) is 13.2 Å². The van der Waals surface area contributed by atoms with Gasteiger partial charge in [0, 0.05) is 19.4 Å². The van der Waals surface area contributed by atoms with Crippen molar-refractivity contribution >= 4 is 17.9 Å². The van der Waals surface area contributed by atoms with Crippen LogP contribution >= 0.6 is 0 Å². The van der Waals surface area contributed by atoms with Gasteiger partial charge in [-0.1, -0.05) is 18.2 Å². The van der Waals surface area contributed by atoms with Crippen LogP contribution in [0, 0.1) is 0 Å². The number of rotatable bonds is 7. The number of carboxylic acids is 1. The lowest BCUT2D eigenvalue weighted by Gasteiger charge is -2.17. The molecular formula is C16H16N3O3-. The van der Waals surface area contributed by atoms with Crippen molar-refractivity contribution in [3.63, 3.8) is 0 Å². The first-order chi connectivity index (χ1) is 10.6. The van der Waals surface area contributed by atoms with Crippen LogP contribution in [-0.2, 0) is 4.79 Å². The summed E-state index contributed by atoms with van der Waals surface area (Å²) in [4.78, 5) is 20.5. The number of hydrogen-bond donors (Lipinski definition) is 0. The number of aromatic nitrogens is 2. The second-order valence-electron chi connectivity index (χ2n) is 4.56. The molecule has 1 aromatic carbocycles. The summed E-state index contributed by atoms with van der Waals surface area (Å²) in [5.41, 5.74) is 0.772. The van der Waals surface area contributed by atoms with Gasteiger partial charge in [-0.15, -0.1) is 0 Å². The molecule has 0 atom stereocenters. The van der Waals surface area contributed by atoms with Gasteiger partial charge in [-0.05, 0) is 23.8 Å². The van der Waals surface area contributed by atoms with Gasteiger partial charge in [0.2, 0.25) is 0 Å². The van der Waals surface area contributed by atoms with Crippen LogP contribution in [0.2, 0.25) is 0 Å². The highest BCUT2D eigenvalue weighted by Crippen LogP contribution is 2.13. The zero-order chi connectivity index (χ0) is 15.8. The number of ether oxygens (including phenoxy) is 1. The summed E-state index contributed by atoms with van der Waals surface area (Å²) in [7, 11) is 1.92. The molecular weight excluding hydrogens is 282 g/mol. The molecule has 1 heterocycles. The van der Waals surface area contributed by atoms with Crippen LogP contribution in [0.25, 0.3) is 6.08 Å². The first-order valence-electron chi connectivity index (χ1n) is 6.74. The van der Waals surface area contributed by atoms with E-state index in [1.807, 2.05) is 11.9 Å². The summed E-state index contributed by atoms with van der Waals surface area (Å²) < 4.78 is 5.64. The molecule has 0 aliphatic rings. The van der Waals surface area contributed by atoms with Gasteiger partial charge >= 0.3 is 0 Å². The van der Waals surface area contributed by atoms with Crippen molar-refractivity contribution < 1.29 is 14.6 Å². The zero-order valence-electron chi connectivity index (χ0n) is 12.2. The highest BCUT2D eigenvalue weighted by molar-refractivity contribution is 5.83. The fraction of sp³-hybridized carbons (Fsp3) is 0.188. The Labute approximate surface area is 128 Å². The third-order valence-corrected chi connectivity index (χ3v) is 2.93. The van der Waals surface area contributed by atoms with Crippen LogP contribution in [0.5, 0.6) is 5.75 Å². The molecule has 0 saturated heterocycles. The van der Waals surface area contributed by atoms with Crippen molar-refractivity contribution in [2.45, 2.75) is 0 Å². The average molecular weight is 298 g/mol. The first kappa shape index (κ1) is 15.5. The van der Waals surface area contributed by atoms with Crippen molar-refractivity contribution in [3.05, 3.63) is 54.5 Å². The molecule has 2 aromatic rings. The lowest BCUT2D eigenvalue weighted by atomic mass is 10.2. The molecule has 0 aliphatic carbocycles. The van der Waals surface area contributed by atoms with E-state index in [1.165, 1.54) is 6.08 Å². The maximum Gasteiger partial charge on any atom is 0.146 e. The fourth-order valence-electron chi connectivity index (χ4n) is 1.74. The molecule has 2 rings (SSSR count). The van der Waals surface area contributed by atoms with Gasteiger partial charge in [0.25, 0.3) is 0 Å². The highest BCUT2D eigenvalue weighted by atomic mass is 16.5. The van der Waals surface area contributed by atoms with E-state index >= 15 is 0 Å². The Hall–Kier alpha value is -2.89. The molecule has 114 valence electrons. The minimum absolute atomic E-state index is 0.501. The normalized spacial score (nSPS) is 10.6. The van der Waals surface area contributed by atoms with Gasteiger partial charge in [-0.3, -0.25) is 4.98 Å². The Morgan fingerprint density at radius 2 is 2.09 bits per heavy atom. The van der Waals surface area contributed by atoms with Gasteiger partial charge in [0.05, 0.1) is 18.7 Å². The monoisotopic (exact) mass is 298 g/mol. The van der Waals surface area contributed by atoms with E-state index in [9.17, 15) is 9.90 Å². The van der Waals surface area contributed by atoms with E-state index in [2.05, 4.69) is 9.97 Å². The Balaban J connectivity index is 1.81. The number of carbonyl (C=O) groups excluding carboxylic acids is 1. The Morgan fingerprint density at radius 3 is 2.73 bits per heavy atom. The van der Waals surface area contributed by atoms with Gasteiger partial charge in [-0.25, -0.2) is 4.98 Å². The third-order valence-electron chi connectivity index (χ3n) is 2.93. The van der Waals surface area contributed by atoms with Crippen molar-refractivity contribution in [3.8, 4) is 5.75 Å². The molecule has 22 heavy (non-hydrogen) atoms. The minimum atomic E-state index is -1.22. The first-order valence-corrected chi connectivity index (χ1v) is 6.74. The van der Waals surface area contributed by atoms with Crippen LogP contribution in [-0.4, -0.2) is 36.1 Å². The average Bonchev–Trinajstić information content (AvgIpc) is 2.55. The van der Waals surface area contributed by atoms with E-state index in [1.54, 1.807) is 42.9 Å². The second-order valence-corrected chi connectivity index (χ2v) is 4.56. The SMILES string of the molecule is CN(CCOc1ccc(/C=C/C(=O)[O-])cc1)c1cnccn1. The molecule has 0 radical (unpaired) electrons. The summed E-state index contributed by atoms with van der Waals surface area (Å²) >= 11 is 0. The second kappa shape index (κ2) is 7.78. The molecule has 0 saturated carbocycles. The maximum absolute atomic E-state index is 10.3. The van der Waals surface area contributed by atoms with Crippen molar-refractivity contribution in [2.75, 3.05) is 25.1 Å². The molecule has 0 N–H and O–H groups in total. The van der Waals surface area contributed by atoms with E-state index < -0.39 is 5.97 Å². The molecule has 0 amide bonds. The van der Waals surface area contributed by atoms with Crippen molar-refractivity contribution in [2.24, 2.45) is 0 Å². The van der Waals surface area contributed by atoms with Gasteiger partial charge in [0.1, 0.15) is 18.2 Å². The minimum Gasteiger partial charge on any atom is -0.545 e. The quantitative estimate of drug-likeness (QED) is 0.702. The number of anilines is 1. The smallest absolute Gasteiger partial charge is 0.146 e. The molecule has 0 unspecified atom stereocenters. The van der Waals surface area contributed by atoms with Crippen LogP contribution in [0.15, 0.2) is 48.9 Å². The number of carboxylic acid groups (broad SMARTS) is 1. The van der Waals surface area contributed by atoms with Gasteiger partial charge in [0.15, 0.2) is 0 Å². The molecule has 0 aliphatic heterocycles. The van der Waals surface area contributed by atoms with E-state index in [0.717, 1.165) is 23.2 Å². The number of carbonyl (C=O) groups is 1. The number of nitrogens with zero attached hydrogens (tertiary/aromatic N) is 3. The largest absolute Gasteiger partial charge is 0.545 e. The standard InChI is InChI=1S/C16H17N3O3/c1-19(15-12-17-8-9-18-15)10-11-22-14-5-2-13(3-6-14)4-7-16(20)21/h2-9,12H,10-11H2,1H3,(H,20,21)/p-1/b7-4+. The van der Waals surface area contributed by atoms with Crippen LogP contribution in [0.3, 0.4) is 0 Å². The van der Waals surface area contributed by atoms with Crippen LogP contribution < -0.4 is 14.7 Å². The Morgan fingerprint density at radius 1 is 1.32 bits per heavy atom. The molecule has 6 heteroatoms. The lowest BCUT2D eigenvalue weighted by molar-refractivity contribution is -0.297. The summed E-state index contributed by atoms with van der Waals surface area (Å²) in [6.45, 7) is 1.17. The number of aliphatic carboxylic acids is 1.